The lowest BCUT2D eigenvalue weighted by atomic mass is 9.76. The zero-order chi connectivity index (χ0) is 14.8. The van der Waals surface area contributed by atoms with Crippen molar-refractivity contribution < 1.29 is 4.39 Å². The van der Waals surface area contributed by atoms with Gasteiger partial charge in [-0.3, -0.25) is 0 Å². The molecule has 1 aromatic heterocycles. The predicted octanol–water partition coefficient (Wildman–Crippen LogP) is 5.52. The molecule has 0 spiro atoms. The van der Waals surface area contributed by atoms with Crippen LogP contribution in [0, 0.1) is 17.7 Å². The Bertz CT molecular complexity index is 606. The van der Waals surface area contributed by atoms with Crippen molar-refractivity contribution in [2.45, 2.75) is 45.1 Å². The topological polar surface area (TPSA) is 12.0 Å². The third-order valence-corrected chi connectivity index (χ3v) is 6.19. The zero-order valence-corrected chi connectivity index (χ0v) is 13.7. The number of fused-ring (bicyclic) bond motifs is 1. The second-order valence-corrected chi connectivity index (χ2v) is 7.41. The van der Waals surface area contributed by atoms with E-state index in [1.807, 2.05) is 17.4 Å². The van der Waals surface area contributed by atoms with Crippen LogP contribution in [0.15, 0.2) is 24.3 Å². The van der Waals surface area contributed by atoms with Gasteiger partial charge in [0.2, 0.25) is 0 Å². The van der Waals surface area contributed by atoms with Gasteiger partial charge in [-0.2, -0.15) is 0 Å². The number of thiophene rings is 1. The summed E-state index contributed by atoms with van der Waals surface area (Å²) >= 11 is 1.81. The molecule has 1 fully saturated rings. The average Bonchev–Trinajstić information content (AvgIpc) is 2.91. The summed E-state index contributed by atoms with van der Waals surface area (Å²) in [5.41, 5.74) is 0. The van der Waals surface area contributed by atoms with Crippen LogP contribution in [0.4, 0.5) is 4.39 Å². The molecule has 1 nitrogen and oxygen atoms in total. The Kier molecular flexibility index (Phi) is 4.60. The second kappa shape index (κ2) is 6.45. The molecule has 3 rings (SSSR count). The highest BCUT2D eigenvalue weighted by Gasteiger charge is 2.28. The van der Waals surface area contributed by atoms with Gasteiger partial charge in [0, 0.05) is 15.6 Å². The zero-order valence-electron chi connectivity index (χ0n) is 12.9. The van der Waals surface area contributed by atoms with E-state index in [9.17, 15) is 4.39 Å². The molecule has 0 amide bonds. The standard InChI is InChI=1S/C18H24FNS/c1-3-12-5-4-6-13(9-12)18(20-2)17-11-14-10-15(19)7-8-16(14)21-17/h7-8,10-13,18,20H,3-6,9H2,1-2H3. The summed E-state index contributed by atoms with van der Waals surface area (Å²) in [5, 5.41) is 4.56. The third-order valence-electron chi connectivity index (χ3n) is 4.99. The summed E-state index contributed by atoms with van der Waals surface area (Å²) in [4.78, 5) is 1.36. The first-order valence-corrected chi connectivity index (χ1v) is 8.89. The van der Waals surface area contributed by atoms with Crippen LogP contribution in [0.5, 0.6) is 0 Å². The van der Waals surface area contributed by atoms with Crippen LogP contribution >= 0.6 is 11.3 Å². The molecule has 2 aromatic rings. The van der Waals surface area contributed by atoms with Crippen molar-refractivity contribution in [3.63, 3.8) is 0 Å². The van der Waals surface area contributed by atoms with E-state index >= 15 is 0 Å². The van der Waals surface area contributed by atoms with Gasteiger partial charge in [0.1, 0.15) is 5.82 Å². The first kappa shape index (κ1) is 15.0. The molecule has 3 atom stereocenters. The summed E-state index contributed by atoms with van der Waals surface area (Å²) in [5.74, 6) is 1.45. The van der Waals surface area contributed by atoms with Gasteiger partial charge in [-0.05, 0) is 61.4 Å². The van der Waals surface area contributed by atoms with Crippen molar-refractivity contribution in [3.05, 3.63) is 35.0 Å². The van der Waals surface area contributed by atoms with Crippen LogP contribution in [0.2, 0.25) is 0 Å². The van der Waals surface area contributed by atoms with Gasteiger partial charge < -0.3 is 5.32 Å². The van der Waals surface area contributed by atoms with Gasteiger partial charge in [0.05, 0.1) is 0 Å². The van der Waals surface area contributed by atoms with Crippen LogP contribution in [0.25, 0.3) is 10.1 Å². The minimum absolute atomic E-state index is 0.142. The van der Waals surface area contributed by atoms with Gasteiger partial charge in [-0.15, -0.1) is 11.3 Å². The maximum Gasteiger partial charge on any atom is 0.123 e. The Morgan fingerprint density at radius 2 is 2.19 bits per heavy atom. The first-order chi connectivity index (χ1) is 10.2. The summed E-state index contributed by atoms with van der Waals surface area (Å²) in [6.07, 6.45) is 6.67. The molecule has 1 heterocycles. The third kappa shape index (κ3) is 3.14. The SMILES string of the molecule is CCC1CCCC(C(NC)c2cc3cc(F)ccc3s2)C1. The molecule has 0 radical (unpaired) electrons. The van der Waals surface area contributed by atoms with E-state index in [1.165, 1.54) is 41.7 Å². The van der Waals surface area contributed by atoms with Crippen LogP contribution < -0.4 is 5.32 Å². The minimum Gasteiger partial charge on any atom is -0.312 e. The molecule has 1 aliphatic carbocycles. The van der Waals surface area contributed by atoms with Crippen molar-refractivity contribution in [1.82, 2.24) is 5.32 Å². The predicted molar refractivity (Wildman–Crippen MR) is 89.3 cm³/mol. The van der Waals surface area contributed by atoms with Crippen molar-refractivity contribution in [2.75, 3.05) is 7.05 Å². The van der Waals surface area contributed by atoms with Gasteiger partial charge in [-0.1, -0.05) is 26.2 Å². The second-order valence-electron chi connectivity index (χ2n) is 6.30. The molecular weight excluding hydrogens is 281 g/mol. The maximum absolute atomic E-state index is 13.4. The molecule has 0 saturated heterocycles. The smallest absolute Gasteiger partial charge is 0.123 e. The lowest BCUT2D eigenvalue weighted by molar-refractivity contribution is 0.216. The highest BCUT2D eigenvalue weighted by molar-refractivity contribution is 7.19. The lowest BCUT2D eigenvalue weighted by Crippen LogP contribution is -2.28. The molecule has 3 heteroatoms. The molecule has 0 bridgehead atoms. The van der Waals surface area contributed by atoms with Crippen molar-refractivity contribution in [1.29, 1.82) is 0 Å². The molecule has 1 aromatic carbocycles. The Labute approximate surface area is 130 Å². The summed E-state index contributed by atoms with van der Waals surface area (Å²) < 4.78 is 14.6. The molecule has 1 saturated carbocycles. The molecule has 1 N–H and O–H groups in total. The number of rotatable bonds is 4. The van der Waals surface area contributed by atoms with Crippen LogP contribution in [-0.2, 0) is 0 Å². The van der Waals surface area contributed by atoms with E-state index in [4.69, 9.17) is 0 Å². The fourth-order valence-electron chi connectivity index (χ4n) is 3.80. The van der Waals surface area contributed by atoms with Crippen molar-refractivity contribution in [2.24, 2.45) is 11.8 Å². The van der Waals surface area contributed by atoms with Gasteiger partial charge in [-0.25, -0.2) is 4.39 Å². The number of nitrogens with one attached hydrogen (secondary N) is 1. The Hall–Kier alpha value is -0.930. The van der Waals surface area contributed by atoms with E-state index in [1.54, 1.807) is 12.1 Å². The molecule has 1 aliphatic rings. The molecule has 3 unspecified atom stereocenters. The normalized spacial score (nSPS) is 24.3. The lowest BCUT2D eigenvalue weighted by Gasteiger charge is -2.33. The van der Waals surface area contributed by atoms with Crippen LogP contribution in [-0.4, -0.2) is 7.05 Å². The summed E-state index contributed by atoms with van der Waals surface area (Å²) in [7, 11) is 2.06. The first-order valence-electron chi connectivity index (χ1n) is 8.07. The number of hydrogen-bond acceptors (Lipinski definition) is 2. The maximum atomic E-state index is 13.4. The highest BCUT2D eigenvalue weighted by atomic mass is 32.1. The van der Waals surface area contributed by atoms with E-state index in [0.29, 0.717) is 12.0 Å². The highest BCUT2D eigenvalue weighted by Crippen LogP contribution is 2.41. The van der Waals surface area contributed by atoms with Crippen LogP contribution in [0.1, 0.15) is 49.9 Å². The Balaban J connectivity index is 1.87. The Morgan fingerprint density at radius 3 is 2.95 bits per heavy atom. The fourth-order valence-corrected chi connectivity index (χ4v) is 5.05. The van der Waals surface area contributed by atoms with E-state index in [0.717, 1.165) is 11.3 Å². The monoisotopic (exact) mass is 305 g/mol. The molecule has 21 heavy (non-hydrogen) atoms. The summed E-state index contributed by atoms with van der Waals surface area (Å²) in [6.45, 7) is 2.31. The molecule has 114 valence electrons. The van der Waals surface area contributed by atoms with E-state index in [2.05, 4.69) is 25.4 Å². The fraction of sp³-hybridized carbons (Fsp3) is 0.556. The van der Waals surface area contributed by atoms with E-state index in [-0.39, 0.29) is 5.82 Å². The average molecular weight is 305 g/mol. The van der Waals surface area contributed by atoms with Gasteiger partial charge in [0.15, 0.2) is 0 Å². The van der Waals surface area contributed by atoms with Gasteiger partial charge in [0.25, 0.3) is 0 Å². The largest absolute Gasteiger partial charge is 0.312 e. The number of halogens is 1. The molecular formula is C18H24FNS. The summed E-state index contributed by atoms with van der Waals surface area (Å²) in [6, 6.07) is 7.71. The van der Waals surface area contributed by atoms with Crippen LogP contribution in [0.3, 0.4) is 0 Å². The minimum atomic E-state index is -0.142. The van der Waals surface area contributed by atoms with Crippen molar-refractivity contribution >= 4 is 21.4 Å². The number of hydrogen-bond donors (Lipinski definition) is 1. The number of benzene rings is 1. The quantitative estimate of drug-likeness (QED) is 0.784. The van der Waals surface area contributed by atoms with Gasteiger partial charge >= 0.3 is 0 Å². The van der Waals surface area contributed by atoms with Crippen molar-refractivity contribution in [3.8, 4) is 0 Å². The Morgan fingerprint density at radius 1 is 1.33 bits per heavy atom. The van der Waals surface area contributed by atoms with E-state index < -0.39 is 0 Å². The molecule has 0 aliphatic heterocycles.